The summed E-state index contributed by atoms with van der Waals surface area (Å²) in [4.78, 5) is 31.4. The molecule has 0 radical (unpaired) electrons. The second-order valence-corrected chi connectivity index (χ2v) is 4.71. The zero-order chi connectivity index (χ0) is 14.0. The Morgan fingerprint density at radius 2 is 2.11 bits per heavy atom. The molecule has 0 spiro atoms. The predicted molar refractivity (Wildman–Crippen MR) is 72.9 cm³/mol. The molecule has 0 aliphatic heterocycles. The molecule has 2 rings (SSSR count). The number of carbonyl (C=O) groups excluding carboxylic acids is 2. The predicted octanol–water partition coefficient (Wildman–Crippen LogP) is 1.46. The molecule has 1 aromatic heterocycles. The highest BCUT2D eigenvalue weighted by Crippen LogP contribution is 2.14. The first kappa shape index (κ1) is 13.3. The first-order chi connectivity index (χ1) is 8.97. The van der Waals surface area contributed by atoms with Crippen LogP contribution >= 0.6 is 0 Å². The highest BCUT2D eigenvalue weighted by Gasteiger charge is 2.13. The molecule has 5 heteroatoms. The number of ketones is 1. The van der Waals surface area contributed by atoms with Crippen LogP contribution in [0, 0.1) is 6.92 Å². The van der Waals surface area contributed by atoms with Gasteiger partial charge in [-0.15, -0.1) is 0 Å². The van der Waals surface area contributed by atoms with Crippen LogP contribution in [0.4, 0.5) is 0 Å². The number of aromatic nitrogens is 2. The SMILES string of the molecule is CC(=O)C(=O)N(C)CCc1ccc2nc(C)[nH]c2c1. The van der Waals surface area contributed by atoms with Crippen LogP contribution in [0.5, 0.6) is 0 Å². The standard InChI is InChI=1S/C14H17N3O2/c1-9(18)14(19)17(3)7-6-11-4-5-12-13(8-11)16-10(2)15-12/h4-5,8H,6-7H2,1-3H3,(H,15,16). The average molecular weight is 259 g/mol. The number of H-pyrrole nitrogens is 1. The van der Waals surface area contributed by atoms with Crippen molar-refractivity contribution in [1.29, 1.82) is 0 Å². The minimum Gasteiger partial charge on any atom is -0.342 e. The van der Waals surface area contributed by atoms with Crippen molar-refractivity contribution >= 4 is 22.7 Å². The van der Waals surface area contributed by atoms with Gasteiger partial charge in [-0.2, -0.15) is 0 Å². The van der Waals surface area contributed by atoms with E-state index in [9.17, 15) is 9.59 Å². The number of hydrogen-bond acceptors (Lipinski definition) is 3. The van der Waals surface area contributed by atoms with Crippen molar-refractivity contribution in [2.24, 2.45) is 0 Å². The van der Waals surface area contributed by atoms with Gasteiger partial charge in [-0.1, -0.05) is 6.07 Å². The van der Waals surface area contributed by atoms with Crippen molar-refractivity contribution < 1.29 is 9.59 Å². The molecule has 1 N–H and O–H groups in total. The van der Waals surface area contributed by atoms with Crippen LogP contribution in [0.15, 0.2) is 18.2 Å². The number of nitrogens with one attached hydrogen (secondary N) is 1. The molecule has 5 nitrogen and oxygen atoms in total. The fourth-order valence-electron chi connectivity index (χ4n) is 2.01. The van der Waals surface area contributed by atoms with Crippen molar-refractivity contribution in [3.8, 4) is 0 Å². The topological polar surface area (TPSA) is 66.1 Å². The van der Waals surface area contributed by atoms with Crippen molar-refractivity contribution in [3.63, 3.8) is 0 Å². The Labute approximate surface area is 111 Å². The van der Waals surface area contributed by atoms with Gasteiger partial charge < -0.3 is 9.88 Å². The number of benzene rings is 1. The molecular formula is C14H17N3O2. The van der Waals surface area contributed by atoms with Gasteiger partial charge in [0.2, 0.25) is 5.78 Å². The van der Waals surface area contributed by atoms with Crippen LogP contribution in [0.2, 0.25) is 0 Å². The van der Waals surface area contributed by atoms with Crippen molar-refractivity contribution in [2.45, 2.75) is 20.3 Å². The molecular weight excluding hydrogens is 242 g/mol. The van der Waals surface area contributed by atoms with E-state index in [1.807, 2.05) is 25.1 Å². The van der Waals surface area contributed by atoms with Gasteiger partial charge in [0.1, 0.15) is 5.82 Å². The Morgan fingerprint density at radius 1 is 1.37 bits per heavy atom. The lowest BCUT2D eigenvalue weighted by Crippen LogP contribution is -2.33. The van der Waals surface area contributed by atoms with E-state index in [0.29, 0.717) is 13.0 Å². The summed E-state index contributed by atoms with van der Waals surface area (Å²) in [6.07, 6.45) is 0.712. The summed E-state index contributed by atoms with van der Waals surface area (Å²) in [6, 6.07) is 5.98. The number of amides is 1. The molecule has 0 unspecified atom stereocenters. The van der Waals surface area contributed by atoms with E-state index in [2.05, 4.69) is 9.97 Å². The zero-order valence-corrected chi connectivity index (χ0v) is 11.4. The maximum absolute atomic E-state index is 11.4. The second-order valence-electron chi connectivity index (χ2n) is 4.71. The molecule has 0 saturated heterocycles. The number of carbonyl (C=O) groups is 2. The summed E-state index contributed by atoms with van der Waals surface area (Å²) < 4.78 is 0. The van der Waals surface area contributed by atoms with E-state index in [0.717, 1.165) is 22.4 Å². The molecule has 19 heavy (non-hydrogen) atoms. The lowest BCUT2D eigenvalue weighted by Gasteiger charge is -2.15. The fourth-order valence-corrected chi connectivity index (χ4v) is 2.01. The first-order valence-corrected chi connectivity index (χ1v) is 6.18. The Kier molecular flexibility index (Phi) is 3.64. The number of likely N-dealkylation sites (N-methyl/N-ethyl adjacent to an activating group) is 1. The third-order valence-corrected chi connectivity index (χ3v) is 3.05. The lowest BCUT2D eigenvalue weighted by atomic mass is 10.1. The van der Waals surface area contributed by atoms with E-state index in [4.69, 9.17) is 0 Å². The van der Waals surface area contributed by atoms with Gasteiger partial charge in [0.05, 0.1) is 11.0 Å². The summed E-state index contributed by atoms with van der Waals surface area (Å²) in [5, 5.41) is 0. The highest BCUT2D eigenvalue weighted by molar-refractivity contribution is 6.34. The summed E-state index contributed by atoms with van der Waals surface area (Å²) >= 11 is 0. The Balaban J connectivity index is 2.05. The number of Topliss-reactive ketones (excluding diaryl/α,β-unsaturated/α-hetero) is 1. The Morgan fingerprint density at radius 3 is 2.79 bits per heavy atom. The summed E-state index contributed by atoms with van der Waals surface area (Å²) in [7, 11) is 1.64. The van der Waals surface area contributed by atoms with Crippen LogP contribution in [0.25, 0.3) is 11.0 Å². The minimum absolute atomic E-state index is 0.429. The van der Waals surface area contributed by atoms with Gasteiger partial charge in [-0.25, -0.2) is 4.98 Å². The van der Waals surface area contributed by atoms with E-state index >= 15 is 0 Å². The molecule has 0 fully saturated rings. The number of rotatable bonds is 4. The molecule has 0 aliphatic carbocycles. The molecule has 0 aliphatic rings. The molecule has 0 saturated carbocycles. The van der Waals surface area contributed by atoms with Crippen LogP contribution in [0.1, 0.15) is 18.3 Å². The largest absolute Gasteiger partial charge is 0.342 e. The van der Waals surface area contributed by atoms with Crippen LogP contribution in [-0.2, 0) is 16.0 Å². The van der Waals surface area contributed by atoms with Gasteiger partial charge in [0.25, 0.3) is 5.91 Å². The second kappa shape index (κ2) is 5.22. The van der Waals surface area contributed by atoms with Gasteiger partial charge in [-0.3, -0.25) is 9.59 Å². The normalized spacial score (nSPS) is 10.7. The highest BCUT2D eigenvalue weighted by atomic mass is 16.2. The third-order valence-electron chi connectivity index (χ3n) is 3.05. The number of aryl methyl sites for hydroxylation is 1. The molecule has 2 aromatic rings. The summed E-state index contributed by atoms with van der Waals surface area (Å²) in [6.45, 7) is 3.73. The van der Waals surface area contributed by atoms with E-state index in [1.165, 1.54) is 11.8 Å². The van der Waals surface area contributed by atoms with E-state index in [1.54, 1.807) is 7.05 Å². The maximum Gasteiger partial charge on any atom is 0.289 e. The summed E-state index contributed by atoms with van der Waals surface area (Å²) in [5.41, 5.74) is 3.05. The van der Waals surface area contributed by atoms with Gasteiger partial charge in [0.15, 0.2) is 0 Å². The maximum atomic E-state index is 11.4. The Hall–Kier alpha value is -2.17. The molecule has 0 bridgehead atoms. The molecule has 0 atom stereocenters. The number of aromatic amines is 1. The van der Waals surface area contributed by atoms with Crippen LogP contribution in [0.3, 0.4) is 0 Å². The van der Waals surface area contributed by atoms with Crippen molar-refractivity contribution in [2.75, 3.05) is 13.6 Å². The fraction of sp³-hybridized carbons (Fsp3) is 0.357. The van der Waals surface area contributed by atoms with E-state index in [-0.39, 0.29) is 0 Å². The van der Waals surface area contributed by atoms with Gasteiger partial charge in [0, 0.05) is 20.5 Å². The smallest absolute Gasteiger partial charge is 0.289 e. The number of imidazole rings is 1. The molecule has 1 aromatic carbocycles. The van der Waals surface area contributed by atoms with Gasteiger partial charge >= 0.3 is 0 Å². The number of nitrogens with zero attached hydrogens (tertiary/aromatic N) is 2. The van der Waals surface area contributed by atoms with Crippen molar-refractivity contribution in [3.05, 3.63) is 29.6 Å². The molecule has 100 valence electrons. The lowest BCUT2D eigenvalue weighted by molar-refractivity contribution is -0.142. The van der Waals surface area contributed by atoms with Gasteiger partial charge in [-0.05, 0) is 31.0 Å². The number of hydrogen-bond donors (Lipinski definition) is 1. The summed E-state index contributed by atoms with van der Waals surface area (Å²) in [5.74, 6) is 0.0108. The third kappa shape index (κ3) is 2.99. The first-order valence-electron chi connectivity index (χ1n) is 6.18. The quantitative estimate of drug-likeness (QED) is 0.845. The van der Waals surface area contributed by atoms with Crippen LogP contribution in [-0.4, -0.2) is 40.2 Å². The number of fused-ring (bicyclic) bond motifs is 1. The molecule has 1 heterocycles. The van der Waals surface area contributed by atoms with Crippen LogP contribution < -0.4 is 0 Å². The Bertz CT molecular complexity index is 631. The van der Waals surface area contributed by atoms with Crippen molar-refractivity contribution in [1.82, 2.24) is 14.9 Å². The monoisotopic (exact) mass is 259 g/mol. The average Bonchev–Trinajstić information content (AvgIpc) is 2.74. The molecule has 1 amide bonds. The minimum atomic E-state index is -0.446. The van der Waals surface area contributed by atoms with E-state index < -0.39 is 11.7 Å². The zero-order valence-electron chi connectivity index (χ0n) is 11.4.